The van der Waals surface area contributed by atoms with Crippen molar-refractivity contribution in [3.8, 4) is 0 Å². The summed E-state index contributed by atoms with van der Waals surface area (Å²) in [5.74, 6) is 0.149. The van der Waals surface area contributed by atoms with Gasteiger partial charge in [-0.2, -0.15) is 0 Å². The average molecular weight is 399 g/mol. The molecule has 2 aromatic rings. The number of likely N-dealkylation sites (N-methyl/N-ethyl adjacent to an activating group) is 1. The fourth-order valence-electron chi connectivity index (χ4n) is 3.56. The lowest BCUT2D eigenvalue weighted by Crippen LogP contribution is -2.49. The summed E-state index contributed by atoms with van der Waals surface area (Å²) in [7, 11) is 1.85. The molecule has 0 unspecified atom stereocenters. The molecule has 2 heterocycles. The van der Waals surface area contributed by atoms with Gasteiger partial charge in [-0.1, -0.05) is 18.2 Å². The third kappa shape index (κ3) is 5.88. The van der Waals surface area contributed by atoms with Gasteiger partial charge in [-0.25, -0.2) is 4.98 Å². The lowest BCUT2D eigenvalue weighted by atomic mass is 10.2. The highest BCUT2D eigenvalue weighted by atomic mass is 16.3. The first kappa shape index (κ1) is 21.0. The molecule has 8 heteroatoms. The number of carbonyl (C=O) groups is 2. The molecule has 29 heavy (non-hydrogen) atoms. The number of carbonyl (C=O) groups excluding carboxylic acids is 1. The number of carboxylic acid groups (broad SMARTS) is 1. The van der Waals surface area contributed by atoms with Crippen molar-refractivity contribution in [3.05, 3.63) is 48.5 Å². The Hall–Kier alpha value is -2.71. The van der Waals surface area contributed by atoms with E-state index in [0.717, 1.165) is 38.4 Å². The van der Waals surface area contributed by atoms with E-state index in [0.29, 0.717) is 12.6 Å². The van der Waals surface area contributed by atoms with E-state index in [2.05, 4.69) is 19.4 Å². The maximum absolute atomic E-state index is 12.5. The average Bonchev–Trinajstić information content (AvgIpc) is 3.49. The van der Waals surface area contributed by atoms with Crippen molar-refractivity contribution < 1.29 is 14.7 Å². The van der Waals surface area contributed by atoms with E-state index in [-0.39, 0.29) is 12.4 Å². The topological polar surface area (TPSA) is 81.9 Å². The highest BCUT2D eigenvalue weighted by molar-refractivity contribution is 5.94. The Morgan fingerprint density at radius 2 is 1.79 bits per heavy atom. The molecule has 0 spiro atoms. The molecule has 1 aliphatic carbocycles. The molecule has 2 aliphatic rings. The number of aromatic nitrogens is 2. The van der Waals surface area contributed by atoms with E-state index < -0.39 is 0 Å². The first-order valence-corrected chi connectivity index (χ1v) is 9.97. The highest BCUT2D eigenvalue weighted by Crippen LogP contribution is 2.35. The number of imidazole rings is 1. The monoisotopic (exact) mass is 399 g/mol. The second-order valence-corrected chi connectivity index (χ2v) is 7.47. The number of anilines is 1. The standard InChI is InChI=1S/C20H27N5O.CH2O2/c1-22(17-5-3-2-4-6-17)20(26)15-24-11-9-23(10-12-24)14-19-13-21-16-25(19)18-7-8-18;2-1-3/h2-6,13,16,18H,7-12,14-15H2,1H3;1H,(H,2,3). The molecule has 156 valence electrons. The minimum Gasteiger partial charge on any atom is -0.483 e. The Kier molecular flexibility index (Phi) is 7.37. The van der Waals surface area contributed by atoms with Gasteiger partial charge in [0.05, 0.1) is 18.6 Å². The van der Waals surface area contributed by atoms with Crippen molar-refractivity contribution in [2.45, 2.75) is 25.4 Å². The van der Waals surface area contributed by atoms with Crippen LogP contribution in [0.25, 0.3) is 0 Å². The molecule has 0 bridgehead atoms. The van der Waals surface area contributed by atoms with Gasteiger partial charge in [0.1, 0.15) is 0 Å². The quantitative estimate of drug-likeness (QED) is 0.745. The van der Waals surface area contributed by atoms with Crippen LogP contribution in [0.3, 0.4) is 0 Å². The predicted octanol–water partition coefficient (Wildman–Crippen LogP) is 1.70. The Bertz CT molecular complexity index is 783. The maximum Gasteiger partial charge on any atom is 0.290 e. The molecule has 1 amide bonds. The smallest absolute Gasteiger partial charge is 0.290 e. The summed E-state index contributed by atoms with van der Waals surface area (Å²) in [4.78, 5) is 31.7. The fourth-order valence-corrected chi connectivity index (χ4v) is 3.56. The van der Waals surface area contributed by atoms with Crippen molar-refractivity contribution in [2.75, 3.05) is 44.7 Å². The lowest BCUT2D eigenvalue weighted by molar-refractivity contribution is -0.123. The van der Waals surface area contributed by atoms with Gasteiger partial charge >= 0.3 is 0 Å². The molecule has 1 N–H and O–H groups in total. The molecule has 0 radical (unpaired) electrons. The molecular formula is C21H29N5O3. The molecule has 0 atom stereocenters. The number of piperazine rings is 1. The minimum atomic E-state index is -0.250. The molecule has 1 aromatic heterocycles. The summed E-state index contributed by atoms with van der Waals surface area (Å²) < 4.78 is 2.34. The summed E-state index contributed by atoms with van der Waals surface area (Å²) in [6.45, 7) is 5.07. The molecule has 1 aliphatic heterocycles. The number of hydrogen-bond acceptors (Lipinski definition) is 5. The Balaban J connectivity index is 0.000000755. The molecule has 8 nitrogen and oxygen atoms in total. The molecular weight excluding hydrogens is 370 g/mol. The van der Waals surface area contributed by atoms with E-state index >= 15 is 0 Å². The zero-order chi connectivity index (χ0) is 20.6. The summed E-state index contributed by atoms with van der Waals surface area (Å²) in [5, 5.41) is 6.89. The first-order chi connectivity index (χ1) is 14.1. The van der Waals surface area contributed by atoms with E-state index in [1.807, 2.05) is 49.9 Å². The van der Waals surface area contributed by atoms with Crippen molar-refractivity contribution in [3.63, 3.8) is 0 Å². The van der Waals surface area contributed by atoms with Gasteiger partial charge in [0, 0.05) is 57.7 Å². The number of benzene rings is 1. The number of hydrogen-bond donors (Lipinski definition) is 1. The summed E-state index contributed by atoms with van der Waals surface area (Å²) in [5.41, 5.74) is 2.27. The van der Waals surface area contributed by atoms with Crippen molar-refractivity contribution in [2.24, 2.45) is 0 Å². The van der Waals surface area contributed by atoms with Gasteiger partial charge in [0.15, 0.2) is 0 Å². The number of rotatable bonds is 6. The SMILES string of the molecule is CN(C(=O)CN1CCN(Cc2cncn2C2CC2)CC1)c1ccccc1.O=CO. The third-order valence-electron chi connectivity index (χ3n) is 5.41. The molecule has 1 saturated heterocycles. The summed E-state index contributed by atoms with van der Waals surface area (Å²) in [6, 6.07) is 10.5. The van der Waals surface area contributed by atoms with Crippen molar-refractivity contribution in [1.29, 1.82) is 0 Å². The van der Waals surface area contributed by atoms with Crippen LogP contribution in [0.15, 0.2) is 42.9 Å². The zero-order valence-corrected chi connectivity index (χ0v) is 16.9. The number of nitrogens with zero attached hydrogens (tertiary/aromatic N) is 5. The van der Waals surface area contributed by atoms with Gasteiger partial charge in [0.2, 0.25) is 5.91 Å². The second-order valence-electron chi connectivity index (χ2n) is 7.47. The van der Waals surface area contributed by atoms with E-state index in [9.17, 15) is 4.79 Å². The van der Waals surface area contributed by atoms with Crippen LogP contribution in [0.2, 0.25) is 0 Å². The van der Waals surface area contributed by atoms with Crippen LogP contribution in [-0.2, 0) is 16.1 Å². The van der Waals surface area contributed by atoms with E-state index in [1.54, 1.807) is 4.90 Å². The molecule has 4 rings (SSSR count). The Morgan fingerprint density at radius 1 is 1.17 bits per heavy atom. The fraction of sp³-hybridized carbons (Fsp3) is 0.476. The Morgan fingerprint density at radius 3 is 2.41 bits per heavy atom. The van der Waals surface area contributed by atoms with Crippen LogP contribution in [0, 0.1) is 0 Å². The molecule has 1 saturated carbocycles. The minimum absolute atomic E-state index is 0.149. The summed E-state index contributed by atoms with van der Waals surface area (Å²) >= 11 is 0. The largest absolute Gasteiger partial charge is 0.483 e. The number of para-hydroxylation sites is 1. The zero-order valence-electron chi connectivity index (χ0n) is 16.9. The van der Waals surface area contributed by atoms with Crippen LogP contribution in [0.5, 0.6) is 0 Å². The molecule has 2 fully saturated rings. The van der Waals surface area contributed by atoms with Gasteiger partial charge in [-0.05, 0) is 25.0 Å². The molecule has 1 aromatic carbocycles. The van der Waals surface area contributed by atoms with Crippen LogP contribution in [0.4, 0.5) is 5.69 Å². The van der Waals surface area contributed by atoms with E-state index in [4.69, 9.17) is 9.90 Å². The van der Waals surface area contributed by atoms with Crippen molar-refractivity contribution >= 4 is 18.1 Å². The van der Waals surface area contributed by atoms with E-state index in [1.165, 1.54) is 18.5 Å². The first-order valence-electron chi connectivity index (χ1n) is 9.97. The predicted molar refractivity (Wildman–Crippen MR) is 111 cm³/mol. The normalized spacial score (nSPS) is 17.3. The number of amides is 1. The maximum atomic E-state index is 12.5. The van der Waals surface area contributed by atoms with Crippen LogP contribution in [-0.4, -0.2) is 76.6 Å². The van der Waals surface area contributed by atoms with Crippen molar-refractivity contribution in [1.82, 2.24) is 19.4 Å². The van der Waals surface area contributed by atoms with Gasteiger partial charge in [-0.15, -0.1) is 0 Å². The Labute approximate surface area is 171 Å². The second kappa shape index (κ2) is 10.2. The highest BCUT2D eigenvalue weighted by Gasteiger charge is 2.27. The van der Waals surface area contributed by atoms with Gasteiger partial charge < -0.3 is 14.6 Å². The van der Waals surface area contributed by atoms with Crippen LogP contribution < -0.4 is 4.90 Å². The van der Waals surface area contributed by atoms with Gasteiger partial charge in [0.25, 0.3) is 6.47 Å². The van der Waals surface area contributed by atoms with Gasteiger partial charge in [-0.3, -0.25) is 19.4 Å². The van der Waals surface area contributed by atoms with Crippen LogP contribution in [0.1, 0.15) is 24.6 Å². The summed E-state index contributed by atoms with van der Waals surface area (Å²) in [6.07, 6.45) is 6.55. The van der Waals surface area contributed by atoms with Crippen LogP contribution >= 0.6 is 0 Å². The third-order valence-corrected chi connectivity index (χ3v) is 5.41. The lowest BCUT2D eigenvalue weighted by Gasteiger charge is -2.35.